The molecule has 20 heavy (non-hydrogen) atoms. The van der Waals surface area contributed by atoms with Gasteiger partial charge in [0.15, 0.2) is 0 Å². The molecule has 0 heterocycles. The first-order valence-corrected chi connectivity index (χ1v) is 11.7. The van der Waals surface area contributed by atoms with Crippen LogP contribution in [0.3, 0.4) is 0 Å². The van der Waals surface area contributed by atoms with Gasteiger partial charge >= 0.3 is 133 Å². The van der Waals surface area contributed by atoms with Crippen LogP contribution in [0.2, 0.25) is 0 Å². The molecule has 0 saturated heterocycles. The fraction of sp³-hybridized carbons (Fsp3) is 0.118. The molecular weight excluding hydrogens is 376 g/mol. The number of aryl methyl sites for hydroxylation is 2. The Kier molecular flexibility index (Phi) is 3.95. The van der Waals surface area contributed by atoms with E-state index in [-0.39, 0.29) is 0 Å². The SMILES string of the molecule is Cc1ccccc1C1=C[C](=[Ru]([Cl])[Cl])c2cccc(C)c21. The summed E-state index contributed by atoms with van der Waals surface area (Å²) in [6.07, 6.45) is 2.19. The molecule has 0 aromatic heterocycles. The van der Waals surface area contributed by atoms with Crippen molar-refractivity contribution in [2.24, 2.45) is 0 Å². The van der Waals surface area contributed by atoms with Gasteiger partial charge < -0.3 is 0 Å². The summed E-state index contributed by atoms with van der Waals surface area (Å²) in [5, 5.41) is 0. The van der Waals surface area contributed by atoms with Gasteiger partial charge in [-0.3, -0.25) is 0 Å². The summed E-state index contributed by atoms with van der Waals surface area (Å²) >= 11 is -1.92. The molecule has 2 aromatic rings. The molecule has 3 rings (SSSR count). The molecule has 2 aromatic carbocycles. The van der Waals surface area contributed by atoms with E-state index in [0.717, 1.165) is 4.11 Å². The van der Waals surface area contributed by atoms with Crippen LogP contribution in [0.5, 0.6) is 0 Å². The predicted molar refractivity (Wildman–Crippen MR) is 85.3 cm³/mol. The zero-order valence-corrected chi connectivity index (χ0v) is 14.5. The number of benzene rings is 2. The molecule has 3 heteroatoms. The van der Waals surface area contributed by atoms with Crippen LogP contribution >= 0.6 is 19.4 Å². The Morgan fingerprint density at radius 1 is 0.800 bits per heavy atom. The molecule has 1 aliphatic rings. The van der Waals surface area contributed by atoms with E-state index in [1.807, 2.05) is 0 Å². The molecule has 0 saturated carbocycles. The van der Waals surface area contributed by atoms with Crippen LogP contribution in [-0.4, -0.2) is 4.11 Å². The van der Waals surface area contributed by atoms with Gasteiger partial charge in [0.1, 0.15) is 0 Å². The summed E-state index contributed by atoms with van der Waals surface area (Å²) in [6, 6.07) is 14.8. The Hall–Kier alpha value is -0.747. The van der Waals surface area contributed by atoms with Gasteiger partial charge in [-0.15, -0.1) is 0 Å². The Labute approximate surface area is 132 Å². The fourth-order valence-corrected chi connectivity index (χ4v) is 5.16. The van der Waals surface area contributed by atoms with Gasteiger partial charge in [-0.25, -0.2) is 0 Å². The first-order valence-electron chi connectivity index (χ1n) is 6.34. The maximum absolute atomic E-state index is 6.28. The van der Waals surface area contributed by atoms with Crippen molar-refractivity contribution in [2.75, 3.05) is 0 Å². The topological polar surface area (TPSA) is 0 Å². The van der Waals surface area contributed by atoms with Gasteiger partial charge in [0, 0.05) is 0 Å². The summed E-state index contributed by atoms with van der Waals surface area (Å²) in [5.41, 5.74) is 7.57. The summed E-state index contributed by atoms with van der Waals surface area (Å²) in [6.45, 7) is 4.29. The molecule has 0 aliphatic heterocycles. The molecular formula is C17H14Cl2Ru. The van der Waals surface area contributed by atoms with Gasteiger partial charge in [-0.1, -0.05) is 0 Å². The van der Waals surface area contributed by atoms with E-state index in [2.05, 4.69) is 62.4 Å². The van der Waals surface area contributed by atoms with Gasteiger partial charge in [0.05, 0.1) is 0 Å². The van der Waals surface area contributed by atoms with E-state index >= 15 is 0 Å². The van der Waals surface area contributed by atoms with Crippen molar-refractivity contribution in [3.05, 3.63) is 76.4 Å². The Morgan fingerprint density at radius 3 is 2.15 bits per heavy atom. The Balaban J connectivity index is 2.32. The minimum atomic E-state index is -1.92. The molecule has 0 nitrogen and oxygen atoms in total. The molecule has 104 valence electrons. The van der Waals surface area contributed by atoms with E-state index in [0.29, 0.717) is 0 Å². The number of allylic oxidation sites excluding steroid dienone is 1. The Morgan fingerprint density at radius 2 is 1.45 bits per heavy atom. The van der Waals surface area contributed by atoms with E-state index in [4.69, 9.17) is 19.4 Å². The third-order valence-corrected chi connectivity index (χ3v) is 6.77. The van der Waals surface area contributed by atoms with E-state index < -0.39 is 13.5 Å². The average molecular weight is 390 g/mol. The molecule has 0 radical (unpaired) electrons. The third-order valence-electron chi connectivity index (χ3n) is 3.64. The van der Waals surface area contributed by atoms with Gasteiger partial charge in [-0.05, 0) is 0 Å². The second-order valence-corrected chi connectivity index (χ2v) is 10.7. The number of fused-ring (bicyclic) bond motifs is 1. The predicted octanol–water partition coefficient (Wildman–Crippen LogP) is 5.20. The number of hydrogen-bond donors (Lipinski definition) is 0. The number of rotatable bonds is 1. The number of hydrogen-bond acceptors (Lipinski definition) is 0. The van der Waals surface area contributed by atoms with Gasteiger partial charge in [0.25, 0.3) is 0 Å². The van der Waals surface area contributed by atoms with Crippen LogP contribution in [0.4, 0.5) is 0 Å². The molecule has 0 amide bonds. The van der Waals surface area contributed by atoms with Gasteiger partial charge in [0.2, 0.25) is 0 Å². The van der Waals surface area contributed by atoms with Gasteiger partial charge in [-0.2, -0.15) is 0 Å². The zero-order valence-electron chi connectivity index (χ0n) is 11.2. The van der Waals surface area contributed by atoms with Crippen molar-refractivity contribution in [3.8, 4) is 0 Å². The number of halogens is 2. The van der Waals surface area contributed by atoms with Crippen LogP contribution in [0.25, 0.3) is 5.57 Å². The van der Waals surface area contributed by atoms with Crippen molar-refractivity contribution in [3.63, 3.8) is 0 Å². The first-order chi connectivity index (χ1) is 9.59. The van der Waals surface area contributed by atoms with Crippen LogP contribution in [0.1, 0.15) is 27.8 Å². The van der Waals surface area contributed by atoms with Crippen molar-refractivity contribution >= 4 is 29.1 Å². The standard InChI is InChI=1S/C17H14.2ClH.Ru/c1-12-6-3-4-9-15(12)16-11-10-14-8-5-7-13(2)17(14)16;;;/h3-9,11H,1-2H3;2*1H;/q;;;+2/p-2. The van der Waals surface area contributed by atoms with E-state index in [1.165, 1.54) is 33.4 Å². The normalized spacial score (nSPS) is 14.1. The maximum atomic E-state index is 6.28. The second kappa shape index (κ2) is 5.56. The third kappa shape index (κ3) is 2.33. The minimum absolute atomic E-state index is 1.13. The van der Waals surface area contributed by atoms with Crippen LogP contribution in [0.15, 0.2) is 48.5 Å². The zero-order chi connectivity index (χ0) is 14.3. The van der Waals surface area contributed by atoms with Crippen molar-refractivity contribution < 1.29 is 13.5 Å². The average Bonchev–Trinajstić information content (AvgIpc) is 2.80. The van der Waals surface area contributed by atoms with Crippen molar-refractivity contribution in [1.82, 2.24) is 0 Å². The summed E-state index contributed by atoms with van der Waals surface area (Å²) in [5.74, 6) is 0. The van der Waals surface area contributed by atoms with E-state index in [9.17, 15) is 0 Å². The molecule has 0 unspecified atom stereocenters. The quantitative estimate of drug-likeness (QED) is 0.588. The summed E-state index contributed by atoms with van der Waals surface area (Å²) in [7, 11) is 12.6. The monoisotopic (exact) mass is 390 g/mol. The summed E-state index contributed by atoms with van der Waals surface area (Å²) in [4.78, 5) is 0. The van der Waals surface area contributed by atoms with Crippen LogP contribution in [-0.2, 0) is 13.5 Å². The molecule has 0 atom stereocenters. The molecule has 0 bridgehead atoms. The van der Waals surface area contributed by atoms with Crippen molar-refractivity contribution in [2.45, 2.75) is 13.8 Å². The molecule has 0 N–H and O–H groups in total. The molecule has 1 aliphatic carbocycles. The molecule has 0 spiro atoms. The van der Waals surface area contributed by atoms with E-state index in [1.54, 1.807) is 0 Å². The summed E-state index contributed by atoms with van der Waals surface area (Å²) < 4.78 is 1.13. The second-order valence-electron chi connectivity index (χ2n) is 4.89. The van der Waals surface area contributed by atoms with Crippen molar-refractivity contribution in [1.29, 1.82) is 0 Å². The first kappa shape index (κ1) is 14.2. The van der Waals surface area contributed by atoms with Crippen LogP contribution in [0, 0.1) is 13.8 Å². The molecule has 0 fully saturated rings. The van der Waals surface area contributed by atoms with Crippen LogP contribution < -0.4 is 0 Å². The Bertz CT molecular complexity index is 753. The fourth-order valence-electron chi connectivity index (χ4n) is 2.69.